The van der Waals surface area contributed by atoms with Crippen molar-refractivity contribution in [3.8, 4) is 5.69 Å². The predicted octanol–water partition coefficient (Wildman–Crippen LogP) is 3.81. The van der Waals surface area contributed by atoms with Gasteiger partial charge in [-0.15, -0.1) is 0 Å². The molecule has 0 atom stereocenters. The molecule has 0 bridgehead atoms. The monoisotopic (exact) mass is 326 g/mol. The summed E-state index contributed by atoms with van der Waals surface area (Å²) in [5.74, 6) is -0.293. The van der Waals surface area contributed by atoms with Crippen molar-refractivity contribution in [1.82, 2.24) is 9.55 Å². The molecule has 0 spiro atoms. The lowest BCUT2D eigenvalue weighted by atomic mass is 10.1. The molecule has 0 aliphatic rings. The van der Waals surface area contributed by atoms with Crippen LogP contribution < -0.4 is 0 Å². The number of carbonyl (C=O) groups is 1. The van der Waals surface area contributed by atoms with Crippen molar-refractivity contribution in [3.63, 3.8) is 0 Å². The van der Waals surface area contributed by atoms with E-state index in [-0.39, 0.29) is 19.0 Å². The Balaban J connectivity index is 1.57. The summed E-state index contributed by atoms with van der Waals surface area (Å²) < 4.78 is 7.25. The third kappa shape index (κ3) is 3.99. The molecule has 0 aliphatic carbocycles. The molecule has 0 saturated heterocycles. The number of halogens is 1. The lowest BCUT2D eigenvalue weighted by molar-refractivity contribution is -0.144. The van der Waals surface area contributed by atoms with Crippen molar-refractivity contribution in [3.05, 3.63) is 83.4 Å². The van der Waals surface area contributed by atoms with Crippen molar-refractivity contribution in [1.29, 1.82) is 0 Å². The van der Waals surface area contributed by atoms with Gasteiger partial charge in [0, 0.05) is 29.8 Å². The van der Waals surface area contributed by atoms with Crippen LogP contribution in [-0.2, 0) is 22.6 Å². The lowest BCUT2D eigenvalue weighted by Crippen LogP contribution is -2.08. The molecule has 5 heteroatoms. The number of nitrogens with zero attached hydrogens (tertiary/aromatic N) is 2. The van der Waals surface area contributed by atoms with Crippen molar-refractivity contribution < 1.29 is 9.53 Å². The molecule has 0 amide bonds. The van der Waals surface area contributed by atoms with Crippen LogP contribution in [0.25, 0.3) is 5.69 Å². The molecule has 4 nitrogen and oxygen atoms in total. The van der Waals surface area contributed by atoms with Gasteiger partial charge in [-0.25, -0.2) is 4.98 Å². The average Bonchev–Trinajstić information content (AvgIpc) is 3.09. The Morgan fingerprint density at radius 2 is 1.83 bits per heavy atom. The van der Waals surface area contributed by atoms with Crippen LogP contribution in [0, 0.1) is 0 Å². The highest BCUT2D eigenvalue weighted by Gasteiger charge is 2.08. The Hall–Kier alpha value is -2.59. The first-order valence-electron chi connectivity index (χ1n) is 7.20. The van der Waals surface area contributed by atoms with Crippen LogP contribution in [0.5, 0.6) is 0 Å². The minimum Gasteiger partial charge on any atom is -0.460 e. The van der Waals surface area contributed by atoms with Gasteiger partial charge in [0.25, 0.3) is 0 Å². The largest absolute Gasteiger partial charge is 0.460 e. The fourth-order valence-electron chi connectivity index (χ4n) is 2.20. The minimum atomic E-state index is -0.293. The first-order valence-corrected chi connectivity index (χ1v) is 7.57. The molecule has 1 aromatic carbocycles. The molecule has 3 rings (SSSR count). The first-order chi connectivity index (χ1) is 11.2. The quantitative estimate of drug-likeness (QED) is 0.529. The van der Waals surface area contributed by atoms with Gasteiger partial charge >= 0.3 is 5.97 Å². The van der Waals surface area contributed by atoms with E-state index in [9.17, 15) is 4.79 Å². The van der Waals surface area contributed by atoms with Gasteiger partial charge in [-0.1, -0.05) is 29.8 Å². The standard InChI is InChI=1S/C18H15ClN2O2/c19-18-15(4-3-9-20-18)13-23-17(22)12-14-5-7-16(8-6-14)21-10-1-2-11-21/h1-11H,12-13H2. The Morgan fingerprint density at radius 1 is 1.09 bits per heavy atom. The van der Waals surface area contributed by atoms with Crippen LogP contribution in [0.3, 0.4) is 0 Å². The van der Waals surface area contributed by atoms with E-state index in [2.05, 4.69) is 4.98 Å². The van der Waals surface area contributed by atoms with Gasteiger partial charge in [0.05, 0.1) is 6.42 Å². The molecule has 0 unspecified atom stereocenters. The zero-order valence-electron chi connectivity index (χ0n) is 12.4. The number of pyridine rings is 1. The number of carbonyl (C=O) groups excluding carboxylic acids is 1. The minimum absolute atomic E-state index is 0.132. The average molecular weight is 327 g/mol. The topological polar surface area (TPSA) is 44.1 Å². The maximum Gasteiger partial charge on any atom is 0.310 e. The van der Waals surface area contributed by atoms with Gasteiger partial charge < -0.3 is 9.30 Å². The van der Waals surface area contributed by atoms with Gasteiger partial charge in [-0.3, -0.25) is 4.79 Å². The van der Waals surface area contributed by atoms with Gasteiger partial charge in [0.2, 0.25) is 0 Å². The summed E-state index contributed by atoms with van der Waals surface area (Å²) >= 11 is 5.93. The summed E-state index contributed by atoms with van der Waals surface area (Å²) in [6.45, 7) is 0.132. The second-order valence-corrected chi connectivity index (χ2v) is 5.41. The third-order valence-corrected chi connectivity index (χ3v) is 3.75. The maximum absolute atomic E-state index is 11.9. The summed E-state index contributed by atoms with van der Waals surface area (Å²) in [6, 6.07) is 15.3. The SMILES string of the molecule is O=C(Cc1ccc(-n2cccc2)cc1)OCc1cccnc1Cl. The summed E-state index contributed by atoms with van der Waals surface area (Å²) in [4.78, 5) is 15.9. The number of aromatic nitrogens is 2. The fraction of sp³-hybridized carbons (Fsp3) is 0.111. The molecule has 0 N–H and O–H groups in total. The molecular formula is C18H15ClN2O2. The molecular weight excluding hydrogens is 312 g/mol. The third-order valence-electron chi connectivity index (χ3n) is 3.41. The molecule has 2 heterocycles. The van der Waals surface area contributed by atoms with Crippen LogP contribution in [0.15, 0.2) is 67.1 Å². The molecule has 0 fully saturated rings. The second-order valence-electron chi connectivity index (χ2n) is 5.05. The molecule has 0 saturated carbocycles. The predicted molar refractivity (Wildman–Crippen MR) is 88.5 cm³/mol. The lowest BCUT2D eigenvalue weighted by Gasteiger charge is -2.07. The fourth-order valence-corrected chi connectivity index (χ4v) is 2.37. The number of hydrogen-bond acceptors (Lipinski definition) is 3. The number of ether oxygens (including phenoxy) is 1. The molecule has 0 radical (unpaired) electrons. The van der Waals surface area contributed by atoms with E-state index in [0.29, 0.717) is 10.7 Å². The highest BCUT2D eigenvalue weighted by Crippen LogP contribution is 2.14. The summed E-state index contributed by atoms with van der Waals surface area (Å²) in [7, 11) is 0. The van der Waals surface area contributed by atoms with Gasteiger partial charge in [0.1, 0.15) is 11.8 Å². The number of benzene rings is 1. The van der Waals surface area contributed by atoms with Crippen LogP contribution in [0.4, 0.5) is 0 Å². The van der Waals surface area contributed by atoms with E-state index in [1.54, 1.807) is 18.3 Å². The number of rotatable bonds is 5. The molecule has 3 aromatic rings. The van der Waals surface area contributed by atoms with Crippen molar-refractivity contribution in [2.45, 2.75) is 13.0 Å². The van der Waals surface area contributed by atoms with Crippen LogP contribution in [-0.4, -0.2) is 15.5 Å². The van der Waals surface area contributed by atoms with Crippen molar-refractivity contribution >= 4 is 17.6 Å². The van der Waals surface area contributed by atoms with E-state index < -0.39 is 0 Å². The summed E-state index contributed by atoms with van der Waals surface area (Å²) in [5, 5.41) is 0.358. The van der Waals surface area contributed by atoms with E-state index in [0.717, 1.165) is 11.3 Å². The Morgan fingerprint density at radius 3 is 2.52 bits per heavy atom. The summed E-state index contributed by atoms with van der Waals surface area (Å²) in [6.07, 6.45) is 5.77. The smallest absolute Gasteiger partial charge is 0.310 e. The van der Waals surface area contributed by atoms with Crippen LogP contribution in [0.2, 0.25) is 5.15 Å². The van der Waals surface area contributed by atoms with E-state index in [4.69, 9.17) is 16.3 Å². The van der Waals surface area contributed by atoms with Gasteiger partial charge in [-0.05, 0) is 35.9 Å². The summed E-state index contributed by atoms with van der Waals surface area (Å²) in [5.41, 5.74) is 2.66. The number of hydrogen-bond donors (Lipinski definition) is 0. The molecule has 0 aliphatic heterocycles. The van der Waals surface area contributed by atoms with Crippen molar-refractivity contribution in [2.75, 3.05) is 0 Å². The number of esters is 1. The highest BCUT2D eigenvalue weighted by molar-refractivity contribution is 6.30. The van der Waals surface area contributed by atoms with Crippen molar-refractivity contribution in [2.24, 2.45) is 0 Å². The van der Waals surface area contributed by atoms with Crippen LogP contribution >= 0.6 is 11.6 Å². The second kappa shape index (κ2) is 7.11. The maximum atomic E-state index is 11.9. The first kappa shape index (κ1) is 15.3. The molecule has 116 valence electrons. The van der Waals surface area contributed by atoms with E-state index in [1.165, 1.54) is 0 Å². The van der Waals surface area contributed by atoms with Gasteiger partial charge in [0.15, 0.2) is 0 Å². The van der Waals surface area contributed by atoms with E-state index >= 15 is 0 Å². The Kier molecular flexibility index (Phi) is 4.74. The Bertz CT molecular complexity index is 783. The highest BCUT2D eigenvalue weighted by atomic mass is 35.5. The zero-order valence-corrected chi connectivity index (χ0v) is 13.1. The molecule has 23 heavy (non-hydrogen) atoms. The van der Waals surface area contributed by atoms with Crippen LogP contribution in [0.1, 0.15) is 11.1 Å². The Labute approximate surface area is 139 Å². The van der Waals surface area contributed by atoms with Gasteiger partial charge in [-0.2, -0.15) is 0 Å². The van der Waals surface area contributed by atoms with E-state index in [1.807, 2.05) is 53.4 Å². The molecule has 2 aromatic heterocycles. The normalized spacial score (nSPS) is 10.5. The zero-order chi connectivity index (χ0) is 16.1.